The van der Waals surface area contributed by atoms with Crippen LogP contribution < -0.4 is 0 Å². The highest BCUT2D eigenvalue weighted by Gasteiger charge is 2.44. The first-order valence-corrected chi connectivity index (χ1v) is 7.27. The second-order valence-corrected chi connectivity index (χ2v) is 6.33. The fourth-order valence-electron chi connectivity index (χ4n) is 2.13. The number of rotatable bonds is 3. The molecule has 1 atom stereocenters. The van der Waals surface area contributed by atoms with Gasteiger partial charge >= 0.3 is 5.97 Å². The number of fused-ring (bicyclic) bond motifs is 1. The minimum Gasteiger partial charge on any atom is -0.480 e. The molecule has 2 aromatic rings. The monoisotopic (exact) mass is 299 g/mol. The number of carboxylic acids is 1. The zero-order valence-electron chi connectivity index (χ0n) is 10.1. The normalized spacial score (nSPS) is 19.9. The van der Waals surface area contributed by atoms with Crippen LogP contribution in [0.25, 0.3) is 11.0 Å². The highest BCUT2D eigenvalue weighted by molar-refractivity contribution is 7.89. The maximum atomic E-state index is 13.1. The summed E-state index contributed by atoms with van der Waals surface area (Å²) in [5, 5.41) is 8.85. The number of carboxylic acid groups (broad SMARTS) is 1. The number of sulfonamides is 1. The van der Waals surface area contributed by atoms with Crippen LogP contribution in [0, 0.1) is 5.82 Å². The Morgan fingerprint density at radius 3 is 2.75 bits per heavy atom. The van der Waals surface area contributed by atoms with Gasteiger partial charge in [-0.1, -0.05) is 0 Å². The molecule has 1 aliphatic heterocycles. The Labute approximate surface area is 113 Å². The molecular formula is C12H10FNO5S. The molecule has 1 N–H and O–H groups in total. The fraction of sp³-hybridized carbons (Fsp3) is 0.250. The van der Waals surface area contributed by atoms with Crippen LogP contribution in [-0.2, 0) is 14.8 Å². The molecule has 0 amide bonds. The number of halogens is 1. The number of carbonyl (C=O) groups is 1. The molecule has 6 nitrogen and oxygen atoms in total. The molecule has 106 valence electrons. The average Bonchev–Trinajstić information content (AvgIpc) is 2.69. The van der Waals surface area contributed by atoms with E-state index in [9.17, 15) is 17.6 Å². The minimum absolute atomic E-state index is 0.130. The highest BCUT2D eigenvalue weighted by atomic mass is 32.2. The van der Waals surface area contributed by atoms with E-state index in [4.69, 9.17) is 9.52 Å². The van der Waals surface area contributed by atoms with E-state index >= 15 is 0 Å². The third-order valence-electron chi connectivity index (χ3n) is 3.27. The predicted molar refractivity (Wildman–Crippen MR) is 66.1 cm³/mol. The molecule has 1 saturated heterocycles. The van der Waals surface area contributed by atoms with E-state index in [-0.39, 0.29) is 23.6 Å². The molecular weight excluding hydrogens is 289 g/mol. The largest absolute Gasteiger partial charge is 0.480 e. The lowest BCUT2D eigenvalue weighted by molar-refractivity contribution is -0.144. The predicted octanol–water partition coefficient (Wildman–Crippen LogP) is 1.42. The lowest BCUT2D eigenvalue weighted by Crippen LogP contribution is -2.54. The zero-order valence-corrected chi connectivity index (χ0v) is 10.9. The van der Waals surface area contributed by atoms with Gasteiger partial charge in [0.25, 0.3) is 10.0 Å². The molecule has 0 aliphatic carbocycles. The first-order valence-electron chi connectivity index (χ1n) is 5.83. The molecule has 0 bridgehead atoms. The van der Waals surface area contributed by atoms with Crippen molar-refractivity contribution in [3.05, 3.63) is 30.1 Å². The third-order valence-corrected chi connectivity index (χ3v) is 5.04. The Kier molecular flexibility index (Phi) is 2.80. The van der Waals surface area contributed by atoms with E-state index < -0.39 is 27.9 Å². The van der Waals surface area contributed by atoms with Crippen molar-refractivity contribution in [2.75, 3.05) is 6.54 Å². The molecule has 20 heavy (non-hydrogen) atoms. The van der Waals surface area contributed by atoms with E-state index in [2.05, 4.69) is 0 Å². The Morgan fingerprint density at radius 2 is 2.15 bits per heavy atom. The van der Waals surface area contributed by atoms with Gasteiger partial charge in [-0.2, -0.15) is 4.31 Å². The van der Waals surface area contributed by atoms with Crippen molar-refractivity contribution >= 4 is 27.0 Å². The summed E-state index contributed by atoms with van der Waals surface area (Å²) in [4.78, 5) is 10.9. The maximum Gasteiger partial charge on any atom is 0.322 e. The summed E-state index contributed by atoms with van der Waals surface area (Å²) in [6.45, 7) is 0.130. The summed E-state index contributed by atoms with van der Waals surface area (Å²) in [5.41, 5.74) is 0.234. The van der Waals surface area contributed by atoms with Gasteiger partial charge in [0.15, 0.2) is 0 Å². The fourth-order valence-corrected chi connectivity index (χ4v) is 3.71. The number of hydrogen-bond donors (Lipinski definition) is 1. The molecule has 1 aromatic carbocycles. The maximum absolute atomic E-state index is 13.1. The van der Waals surface area contributed by atoms with Crippen molar-refractivity contribution in [3.8, 4) is 0 Å². The zero-order chi connectivity index (χ0) is 14.5. The number of nitrogens with zero attached hydrogens (tertiary/aromatic N) is 1. The summed E-state index contributed by atoms with van der Waals surface area (Å²) >= 11 is 0. The molecule has 1 aliphatic rings. The lowest BCUT2D eigenvalue weighted by atomic mass is 10.1. The van der Waals surface area contributed by atoms with Crippen molar-refractivity contribution < 1.29 is 27.1 Å². The number of aliphatic carboxylic acids is 1. The van der Waals surface area contributed by atoms with Crippen LogP contribution in [0.15, 0.2) is 33.8 Å². The van der Waals surface area contributed by atoms with Gasteiger partial charge in [-0.25, -0.2) is 12.8 Å². The highest BCUT2D eigenvalue weighted by Crippen LogP contribution is 2.31. The number of furan rings is 1. The Balaban J connectivity index is 2.03. The number of hydrogen-bond acceptors (Lipinski definition) is 4. The summed E-state index contributed by atoms with van der Waals surface area (Å²) < 4.78 is 43.6. The van der Waals surface area contributed by atoms with Crippen molar-refractivity contribution in [2.24, 2.45) is 0 Å². The summed E-state index contributed by atoms with van der Waals surface area (Å²) in [7, 11) is -4.01. The van der Waals surface area contributed by atoms with Gasteiger partial charge in [0.1, 0.15) is 17.4 Å². The molecule has 8 heteroatoms. The third kappa shape index (κ3) is 1.88. The van der Waals surface area contributed by atoms with Crippen molar-refractivity contribution in [1.29, 1.82) is 0 Å². The topological polar surface area (TPSA) is 87.8 Å². The second kappa shape index (κ2) is 4.29. The van der Waals surface area contributed by atoms with Gasteiger partial charge in [0, 0.05) is 18.0 Å². The molecule has 0 unspecified atom stereocenters. The number of benzene rings is 1. The molecule has 0 spiro atoms. The van der Waals surface area contributed by atoms with Crippen LogP contribution >= 0.6 is 0 Å². The van der Waals surface area contributed by atoms with E-state index in [0.717, 1.165) is 16.4 Å². The van der Waals surface area contributed by atoms with Crippen molar-refractivity contribution in [2.45, 2.75) is 17.6 Å². The van der Waals surface area contributed by atoms with Crippen LogP contribution in [0.3, 0.4) is 0 Å². The van der Waals surface area contributed by atoms with Gasteiger partial charge in [0.2, 0.25) is 5.09 Å². The Bertz CT molecular complexity index is 797. The SMILES string of the molecule is O=C(O)[C@@H]1CCN1S(=O)(=O)c1cc2cc(F)ccc2o1. The molecule has 1 aromatic heterocycles. The van der Waals surface area contributed by atoms with Gasteiger partial charge in [0.05, 0.1) is 0 Å². The van der Waals surface area contributed by atoms with Gasteiger partial charge in [-0.05, 0) is 24.6 Å². The summed E-state index contributed by atoms with van der Waals surface area (Å²) in [5.74, 6) is -1.70. The molecule has 1 fully saturated rings. The molecule has 2 heterocycles. The average molecular weight is 299 g/mol. The van der Waals surface area contributed by atoms with Crippen LogP contribution in [0.5, 0.6) is 0 Å². The van der Waals surface area contributed by atoms with Crippen molar-refractivity contribution in [3.63, 3.8) is 0 Å². The van der Waals surface area contributed by atoms with Crippen LogP contribution in [0.2, 0.25) is 0 Å². The van der Waals surface area contributed by atoms with Gasteiger partial charge < -0.3 is 9.52 Å². The van der Waals surface area contributed by atoms with Crippen LogP contribution in [0.4, 0.5) is 4.39 Å². The Hall–Kier alpha value is -1.93. The molecule has 0 radical (unpaired) electrons. The minimum atomic E-state index is -4.01. The van der Waals surface area contributed by atoms with Crippen LogP contribution in [-0.4, -0.2) is 36.4 Å². The smallest absolute Gasteiger partial charge is 0.322 e. The Morgan fingerprint density at radius 1 is 1.40 bits per heavy atom. The first kappa shape index (κ1) is 13.1. The first-order chi connectivity index (χ1) is 9.39. The van der Waals surface area contributed by atoms with E-state index in [0.29, 0.717) is 5.39 Å². The molecule has 3 rings (SSSR count). The quantitative estimate of drug-likeness (QED) is 0.926. The summed E-state index contributed by atoms with van der Waals surface area (Å²) in [6, 6.07) is 3.78. The van der Waals surface area contributed by atoms with E-state index in [1.807, 2.05) is 0 Å². The van der Waals surface area contributed by atoms with E-state index in [1.54, 1.807) is 0 Å². The van der Waals surface area contributed by atoms with Crippen molar-refractivity contribution in [1.82, 2.24) is 4.31 Å². The van der Waals surface area contributed by atoms with Gasteiger partial charge in [-0.15, -0.1) is 0 Å². The second-order valence-electron chi connectivity index (χ2n) is 4.51. The van der Waals surface area contributed by atoms with Crippen LogP contribution in [0.1, 0.15) is 6.42 Å². The standard InChI is InChI=1S/C12H10FNO5S/c13-8-1-2-10-7(5-8)6-11(19-10)20(17,18)14-4-3-9(14)12(15)16/h1-2,5-6,9H,3-4H2,(H,15,16)/t9-/m0/s1. The lowest BCUT2D eigenvalue weighted by Gasteiger charge is -2.35. The van der Waals surface area contributed by atoms with Gasteiger partial charge in [-0.3, -0.25) is 4.79 Å². The summed E-state index contributed by atoms with van der Waals surface area (Å²) in [6.07, 6.45) is 0.267. The van der Waals surface area contributed by atoms with E-state index in [1.165, 1.54) is 12.1 Å². The molecule has 0 saturated carbocycles.